The van der Waals surface area contributed by atoms with E-state index in [1.165, 1.54) is 44.1 Å². The number of anilines is 3. The molecule has 0 unspecified atom stereocenters. The maximum absolute atomic E-state index is 6.78. The summed E-state index contributed by atoms with van der Waals surface area (Å²) in [5.74, 6) is 2.87. The third kappa shape index (κ3) is 2.62. The van der Waals surface area contributed by atoms with Crippen LogP contribution in [0.1, 0.15) is 44.1 Å². The third-order valence-corrected chi connectivity index (χ3v) is 7.54. The number of nitrogen functional groups attached to an aromatic ring is 1. The van der Waals surface area contributed by atoms with Crippen molar-refractivity contribution in [3.63, 3.8) is 0 Å². The Labute approximate surface area is 161 Å². The van der Waals surface area contributed by atoms with E-state index in [-0.39, 0.29) is 0 Å². The second kappa shape index (κ2) is 5.92. The molecule has 4 fully saturated rings. The van der Waals surface area contributed by atoms with Crippen LogP contribution in [-0.4, -0.2) is 7.05 Å². The molecule has 0 radical (unpaired) electrons. The van der Waals surface area contributed by atoms with Crippen molar-refractivity contribution in [3.8, 4) is 0 Å². The van der Waals surface area contributed by atoms with Gasteiger partial charge in [-0.1, -0.05) is 17.7 Å². The lowest BCUT2D eigenvalue weighted by atomic mass is 9.48. The summed E-state index contributed by atoms with van der Waals surface area (Å²) < 4.78 is 0. The Hall–Kier alpha value is -1.67. The molecule has 0 spiro atoms. The van der Waals surface area contributed by atoms with Crippen LogP contribution in [0.2, 0.25) is 5.02 Å². The monoisotopic (exact) mass is 366 g/mol. The highest BCUT2D eigenvalue weighted by Crippen LogP contribution is 2.61. The van der Waals surface area contributed by atoms with Gasteiger partial charge in [-0.25, -0.2) is 0 Å². The van der Waals surface area contributed by atoms with E-state index in [0.717, 1.165) is 39.8 Å². The highest BCUT2D eigenvalue weighted by Gasteiger charge is 2.51. The minimum atomic E-state index is 0.399. The van der Waals surface area contributed by atoms with Crippen LogP contribution < -0.4 is 10.6 Å². The summed E-state index contributed by atoms with van der Waals surface area (Å²) >= 11 is 6.78. The number of benzene rings is 2. The Morgan fingerprint density at radius 2 is 1.50 bits per heavy atom. The summed E-state index contributed by atoms with van der Waals surface area (Å²) in [5.41, 5.74) is 10.6. The Kier molecular flexibility index (Phi) is 3.76. The van der Waals surface area contributed by atoms with Gasteiger partial charge in [-0.05, 0) is 104 Å². The molecule has 4 bridgehead atoms. The van der Waals surface area contributed by atoms with E-state index in [1.807, 2.05) is 24.3 Å². The normalized spacial score (nSPS) is 32.0. The van der Waals surface area contributed by atoms with Gasteiger partial charge in [-0.3, -0.25) is 0 Å². The summed E-state index contributed by atoms with van der Waals surface area (Å²) in [6.07, 6.45) is 8.56. The second-order valence-electron chi connectivity index (χ2n) is 9.01. The zero-order valence-electron chi connectivity index (χ0n) is 15.4. The lowest BCUT2D eigenvalue weighted by molar-refractivity contribution is -0.00517. The lowest BCUT2D eigenvalue weighted by Crippen LogP contribution is -2.48. The van der Waals surface area contributed by atoms with Gasteiger partial charge in [0.2, 0.25) is 0 Å². The van der Waals surface area contributed by atoms with Crippen molar-refractivity contribution in [3.05, 3.63) is 53.1 Å². The van der Waals surface area contributed by atoms with Crippen molar-refractivity contribution in [2.75, 3.05) is 17.7 Å². The molecule has 4 aliphatic carbocycles. The van der Waals surface area contributed by atoms with E-state index in [0.29, 0.717) is 5.41 Å². The van der Waals surface area contributed by atoms with Crippen LogP contribution in [0, 0.1) is 17.8 Å². The SMILES string of the molecule is CN(c1ccc(N)cc1)c1ccc(C23CC4CC(CC(C4)C2)C3)cc1Cl. The van der Waals surface area contributed by atoms with Crippen LogP contribution in [0.5, 0.6) is 0 Å². The van der Waals surface area contributed by atoms with Crippen LogP contribution in [0.3, 0.4) is 0 Å². The molecule has 0 amide bonds. The van der Waals surface area contributed by atoms with Gasteiger partial charge in [0, 0.05) is 18.4 Å². The van der Waals surface area contributed by atoms with Crippen molar-refractivity contribution >= 4 is 28.7 Å². The standard InChI is InChI=1S/C23H27ClN2/c1-26(20-5-3-19(25)4-6-20)22-7-2-18(11-21(22)24)23-12-15-8-16(13-23)10-17(9-15)14-23/h2-7,11,15-17H,8-10,12-14,25H2,1H3. The molecule has 0 aliphatic heterocycles. The maximum Gasteiger partial charge on any atom is 0.0645 e. The molecule has 2 aromatic rings. The fourth-order valence-electron chi connectivity index (χ4n) is 6.41. The maximum atomic E-state index is 6.78. The fourth-order valence-corrected chi connectivity index (χ4v) is 6.72. The number of hydrogen-bond acceptors (Lipinski definition) is 2. The van der Waals surface area contributed by atoms with Crippen molar-refractivity contribution < 1.29 is 0 Å². The number of rotatable bonds is 3. The van der Waals surface area contributed by atoms with Gasteiger partial charge in [0.25, 0.3) is 0 Å². The van der Waals surface area contributed by atoms with E-state index in [9.17, 15) is 0 Å². The summed E-state index contributed by atoms with van der Waals surface area (Å²) in [5, 5.41) is 0.859. The van der Waals surface area contributed by atoms with Crippen LogP contribution in [-0.2, 0) is 5.41 Å². The van der Waals surface area contributed by atoms with Crippen molar-refractivity contribution in [2.24, 2.45) is 17.8 Å². The van der Waals surface area contributed by atoms with E-state index >= 15 is 0 Å². The second-order valence-corrected chi connectivity index (χ2v) is 9.42. The largest absolute Gasteiger partial charge is 0.399 e. The summed E-state index contributed by atoms with van der Waals surface area (Å²) in [4.78, 5) is 2.14. The minimum Gasteiger partial charge on any atom is -0.399 e. The quantitative estimate of drug-likeness (QED) is 0.659. The first-order chi connectivity index (χ1) is 12.5. The van der Waals surface area contributed by atoms with Crippen molar-refractivity contribution in [1.29, 1.82) is 0 Å². The Morgan fingerprint density at radius 3 is 2.04 bits per heavy atom. The first-order valence-electron chi connectivity index (χ1n) is 9.92. The van der Waals surface area contributed by atoms with Gasteiger partial charge in [-0.2, -0.15) is 0 Å². The van der Waals surface area contributed by atoms with Crippen molar-refractivity contribution in [2.45, 2.75) is 43.9 Å². The number of halogens is 1. The molecule has 4 saturated carbocycles. The topological polar surface area (TPSA) is 29.3 Å². The third-order valence-electron chi connectivity index (χ3n) is 7.24. The van der Waals surface area contributed by atoms with Crippen molar-refractivity contribution in [1.82, 2.24) is 0 Å². The van der Waals surface area contributed by atoms with E-state index in [2.05, 4.69) is 30.1 Å². The van der Waals surface area contributed by atoms with Gasteiger partial charge in [-0.15, -0.1) is 0 Å². The number of nitrogens with two attached hydrogens (primary N) is 1. The molecule has 3 heteroatoms. The lowest BCUT2D eigenvalue weighted by Gasteiger charge is -2.57. The molecule has 6 rings (SSSR count). The molecule has 0 aromatic heterocycles. The molecule has 0 saturated heterocycles. The number of nitrogens with zero attached hydrogens (tertiary/aromatic N) is 1. The van der Waals surface area contributed by atoms with Crippen LogP contribution in [0.25, 0.3) is 0 Å². The van der Waals surface area contributed by atoms with Gasteiger partial charge >= 0.3 is 0 Å². The average Bonchev–Trinajstić information content (AvgIpc) is 2.60. The molecule has 2 aromatic carbocycles. The zero-order chi connectivity index (χ0) is 17.9. The smallest absolute Gasteiger partial charge is 0.0645 e. The molecule has 4 aliphatic rings. The van der Waals surface area contributed by atoms with Gasteiger partial charge in [0.1, 0.15) is 0 Å². The van der Waals surface area contributed by atoms with E-state index < -0.39 is 0 Å². The van der Waals surface area contributed by atoms with Gasteiger partial charge in [0.15, 0.2) is 0 Å². The Bertz CT molecular complexity index is 791. The molecule has 0 atom stereocenters. The van der Waals surface area contributed by atoms with Gasteiger partial charge in [0.05, 0.1) is 10.7 Å². The Balaban J connectivity index is 1.46. The predicted octanol–water partition coefficient (Wildman–Crippen LogP) is 6.16. The molecule has 26 heavy (non-hydrogen) atoms. The summed E-state index contributed by atoms with van der Waals surface area (Å²) in [6.45, 7) is 0. The highest BCUT2D eigenvalue weighted by molar-refractivity contribution is 6.33. The summed E-state index contributed by atoms with van der Waals surface area (Å²) in [7, 11) is 2.07. The highest BCUT2D eigenvalue weighted by atomic mass is 35.5. The molecule has 2 N–H and O–H groups in total. The first kappa shape index (κ1) is 16.5. The number of hydrogen-bond donors (Lipinski definition) is 1. The summed E-state index contributed by atoms with van der Waals surface area (Å²) in [6, 6.07) is 14.8. The Morgan fingerprint density at radius 1 is 0.923 bits per heavy atom. The van der Waals surface area contributed by atoms with Crippen LogP contribution >= 0.6 is 11.6 Å². The minimum absolute atomic E-state index is 0.399. The van der Waals surface area contributed by atoms with Crippen LogP contribution in [0.4, 0.5) is 17.1 Å². The predicted molar refractivity (Wildman–Crippen MR) is 110 cm³/mol. The fraction of sp³-hybridized carbons (Fsp3) is 0.478. The van der Waals surface area contributed by atoms with Crippen LogP contribution in [0.15, 0.2) is 42.5 Å². The average molecular weight is 367 g/mol. The molecule has 2 nitrogen and oxygen atoms in total. The first-order valence-corrected chi connectivity index (χ1v) is 10.3. The van der Waals surface area contributed by atoms with Gasteiger partial charge < -0.3 is 10.6 Å². The molecular weight excluding hydrogens is 340 g/mol. The van der Waals surface area contributed by atoms with E-state index in [4.69, 9.17) is 17.3 Å². The molecular formula is C23H27ClN2. The van der Waals surface area contributed by atoms with E-state index in [1.54, 1.807) is 0 Å². The molecule has 0 heterocycles. The molecule has 136 valence electrons. The zero-order valence-corrected chi connectivity index (χ0v) is 16.2.